The standard InChI is InChI=1S/C15H18N5O5/c21-7-15(12(23)10(22)6-25-15)18-13-11-14(17-8-16-13)19-4-2-1-3-9(19)5-20(11)24/h1-4,8,10,12,21-24H,5-7H2,(H,16,17,18)/q+1/t10-,12-,15-/m0/s1. The highest BCUT2D eigenvalue weighted by atomic mass is 16.6. The number of ether oxygens (including phenoxy) is 1. The van der Waals surface area contributed by atoms with E-state index in [1.165, 1.54) is 6.33 Å². The Kier molecular flexibility index (Phi) is 3.78. The lowest BCUT2D eigenvalue weighted by atomic mass is 10.1. The first kappa shape index (κ1) is 16.1. The maximum Gasteiger partial charge on any atom is 0.359 e. The van der Waals surface area contributed by atoms with Crippen molar-refractivity contribution in [2.45, 2.75) is 24.5 Å². The van der Waals surface area contributed by atoms with Crippen LogP contribution in [0.5, 0.6) is 0 Å². The Morgan fingerprint density at radius 1 is 1.36 bits per heavy atom. The Hall–Kier alpha value is -2.37. The summed E-state index contributed by atoms with van der Waals surface area (Å²) in [6.07, 6.45) is 0.605. The Morgan fingerprint density at radius 2 is 2.20 bits per heavy atom. The van der Waals surface area contributed by atoms with Gasteiger partial charge in [0.05, 0.1) is 19.4 Å². The number of aliphatic hydroxyl groups is 3. The van der Waals surface area contributed by atoms with Gasteiger partial charge < -0.3 is 25.4 Å². The van der Waals surface area contributed by atoms with Crippen LogP contribution in [0.1, 0.15) is 5.69 Å². The van der Waals surface area contributed by atoms with Gasteiger partial charge >= 0.3 is 5.82 Å². The maximum atomic E-state index is 10.4. The minimum Gasteiger partial charge on any atom is -0.391 e. The molecule has 0 aliphatic carbocycles. The Morgan fingerprint density at radius 3 is 2.92 bits per heavy atom. The van der Waals surface area contributed by atoms with Crippen molar-refractivity contribution >= 4 is 11.5 Å². The third-order valence-electron chi connectivity index (χ3n) is 4.46. The number of hydroxylamine groups is 1. The van der Waals surface area contributed by atoms with E-state index in [1.807, 2.05) is 24.4 Å². The Labute approximate surface area is 142 Å². The molecule has 4 heterocycles. The molecule has 0 amide bonds. The van der Waals surface area contributed by atoms with Crippen LogP contribution in [0.4, 0.5) is 11.5 Å². The summed E-state index contributed by atoms with van der Waals surface area (Å²) in [6.45, 7) is -0.532. The molecule has 132 valence electrons. The van der Waals surface area contributed by atoms with E-state index in [9.17, 15) is 20.5 Å². The van der Waals surface area contributed by atoms with E-state index in [0.29, 0.717) is 5.82 Å². The van der Waals surface area contributed by atoms with Crippen molar-refractivity contribution in [3.8, 4) is 5.82 Å². The monoisotopic (exact) mass is 348 g/mol. The van der Waals surface area contributed by atoms with Gasteiger partial charge in [0.2, 0.25) is 12.0 Å². The highest BCUT2D eigenvalue weighted by molar-refractivity contribution is 5.71. The topological polar surface area (TPSA) is 135 Å². The summed E-state index contributed by atoms with van der Waals surface area (Å²) >= 11 is 0. The number of fused-ring (bicyclic) bond motifs is 3. The number of nitrogens with one attached hydrogen (secondary N) is 1. The van der Waals surface area contributed by atoms with Crippen molar-refractivity contribution in [2.75, 3.05) is 23.6 Å². The van der Waals surface area contributed by atoms with E-state index in [-0.39, 0.29) is 24.7 Å². The SMILES string of the molecule is OC[C@]1(Nc2ncnc3c2N(O)Cc2cccc[n+]2-3)OC[C@H](O)[C@@H]1O. The minimum absolute atomic E-state index is 0.136. The van der Waals surface area contributed by atoms with E-state index < -0.39 is 24.5 Å². The van der Waals surface area contributed by atoms with Gasteiger partial charge in [0, 0.05) is 0 Å². The number of hydrogen-bond donors (Lipinski definition) is 5. The molecule has 3 atom stereocenters. The lowest BCUT2D eigenvalue weighted by molar-refractivity contribution is -0.610. The molecule has 10 heteroatoms. The zero-order valence-corrected chi connectivity index (χ0v) is 13.1. The summed E-state index contributed by atoms with van der Waals surface area (Å²) < 4.78 is 7.19. The van der Waals surface area contributed by atoms with Crippen LogP contribution in [0.2, 0.25) is 0 Å². The minimum atomic E-state index is -1.62. The molecular formula is C15H18N5O5+. The van der Waals surface area contributed by atoms with Crippen LogP contribution in [0.3, 0.4) is 0 Å². The fourth-order valence-electron chi connectivity index (χ4n) is 3.13. The fourth-order valence-corrected chi connectivity index (χ4v) is 3.13. The first-order valence-electron chi connectivity index (χ1n) is 7.76. The molecule has 0 radical (unpaired) electrons. The second kappa shape index (κ2) is 5.86. The van der Waals surface area contributed by atoms with Gasteiger partial charge in [-0.1, -0.05) is 6.07 Å². The zero-order valence-electron chi connectivity index (χ0n) is 13.1. The van der Waals surface area contributed by atoms with Crippen molar-refractivity contribution in [3.05, 3.63) is 36.4 Å². The largest absolute Gasteiger partial charge is 0.391 e. The van der Waals surface area contributed by atoms with E-state index in [0.717, 1.165) is 10.8 Å². The number of aromatic nitrogens is 3. The average Bonchev–Trinajstić information content (AvgIpc) is 2.91. The van der Waals surface area contributed by atoms with Gasteiger partial charge in [-0.25, -0.2) is 5.06 Å². The molecule has 0 saturated carbocycles. The van der Waals surface area contributed by atoms with Gasteiger partial charge in [0.25, 0.3) is 0 Å². The highest BCUT2D eigenvalue weighted by Gasteiger charge is 2.50. The molecule has 2 aromatic rings. The number of nitrogens with zero attached hydrogens (tertiary/aromatic N) is 4. The predicted molar refractivity (Wildman–Crippen MR) is 82.9 cm³/mol. The van der Waals surface area contributed by atoms with Crippen LogP contribution < -0.4 is 14.9 Å². The van der Waals surface area contributed by atoms with Crippen molar-refractivity contribution in [3.63, 3.8) is 0 Å². The molecule has 10 nitrogen and oxygen atoms in total. The van der Waals surface area contributed by atoms with E-state index in [4.69, 9.17) is 4.74 Å². The number of hydrogen-bond acceptors (Lipinski definition) is 9. The predicted octanol–water partition coefficient (Wildman–Crippen LogP) is -1.68. The van der Waals surface area contributed by atoms with Crippen LogP contribution in [0, 0.1) is 0 Å². The summed E-state index contributed by atoms with van der Waals surface area (Å²) in [7, 11) is 0. The first-order valence-corrected chi connectivity index (χ1v) is 7.76. The highest BCUT2D eigenvalue weighted by Crippen LogP contribution is 2.35. The molecule has 1 fully saturated rings. The van der Waals surface area contributed by atoms with Crippen molar-refractivity contribution in [1.82, 2.24) is 9.97 Å². The number of pyridine rings is 1. The third kappa shape index (κ3) is 2.42. The van der Waals surface area contributed by atoms with Crippen LogP contribution >= 0.6 is 0 Å². The zero-order chi connectivity index (χ0) is 17.6. The first-order chi connectivity index (χ1) is 12.1. The molecule has 5 N–H and O–H groups in total. The van der Waals surface area contributed by atoms with Crippen molar-refractivity contribution in [2.24, 2.45) is 0 Å². The molecule has 1 saturated heterocycles. The van der Waals surface area contributed by atoms with Gasteiger partial charge in [0.15, 0.2) is 11.5 Å². The third-order valence-corrected chi connectivity index (χ3v) is 4.46. The molecule has 0 unspecified atom stereocenters. The number of anilines is 2. The van der Waals surface area contributed by atoms with Crippen molar-refractivity contribution < 1.29 is 29.8 Å². The van der Waals surface area contributed by atoms with E-state index >= 15 is 0 Å². The van der Waals surface area contributed by atoms with Crippen LogP contribution in [0.15, 0.2) is 30.7 Å². The van der Waals surface area contributed by atoms with Gasteiger partial charge in [-0.05, 0) is 17.1 Å². The Bertz CT molecular complexity index is 806. The molecule has 2 aliphatic rings. The molecule has 4 rings (SSSR count). The normalized spacial score (nSPS) is 27.8. The van der Waals surface area contributed by atoms with Crippen LogP contribution in [-0.4, -0.2) is 61.6 Å². The molecular weight excluding hydrogens is 330 g/mol. The van der Waals surface area contributed by atoms with Crippen LogP contribution in [0.25, 0.3) is 5.82 Å². The van der Waals surface area contributed by atoms with E-state index in [2.05, 4.69) is 15.3 Å². The number of rotatable bonds is 3. The number of aliphatic hydroxyl groups excluding tert-OH is 3. The molecule has 2 aliphatic heterocycles. The van der Waals surface area contributed by atoms with Gasteiger partial charge in [-0.2, -0.15) is 9.55 Å². The summed E-state index contributed by atoms with van der Waals surface area (Å²) in [5, 5.41) is 43.9. The van der Waals surface area contributed by atoms with Gasteiger partial charge in [-0.3, -0.25) is 5.21 Å². The quantitative estimate of drug-likeness (QED) is 0.412. The molecule has 25 heavy (non-hydrogen) atoms. The van der Waals surface area contributed by atoms with Crippen molar-refractivity contribution in [1.29, 1.82) is 0 Å². The summed E-state index contributed by atoms with van der Waals surface area (Å²) in [6, 6.07) is 5.55. The maximum absolute atomic E-state index is 10.4. The summed E-state index contributed by atoms with van der Waals surface area (Å²) in [4.78, 5) is 8.33. The fraction of sp³-hybridized carbons (Fsp3) is 0.400. The lowest BCUT2D eigenvalue weighted by Crippen LogP contribution is -2.53. The van der Waals surface area contributed by atoms with E-state index in [1.54, 1.807) is 4.57 Å². The molecule has 2 aromatic heterocycles. The second-order valence-corrected chi connectivity index (χ2v) is 6.01. The average molecular weight is 348 g/mol. The summed E-state index contributed by atoms with van der Waals surface area (Å²) in [5.74, 6) is 0.597. The lowest BCUT2D eigenvalue weighted by Gasteiger charge is -2.33. The van der Waals surface area contributed by atoms with Crippen LogP contribution in [-0.2, 0) is 11.3 Å². The molecule has 0 bridgehead atoms. The van der Waals surface area contributed by atoms with Gasteiger partial charge in [0.1, 0.15) is 24.4 Å². The second-order valence-electron chi connectivity index (χ2n) is 6.01. The molecule has 0 spiro atoms. The summed E-state index contributed by atoms with van der Waals surface area (Å²) in [5.41, 5.74) is -0.521. The Balaban J connectivity index is 1.79. The van der Waals surface area contributed by atoms with Gasteiger partial charge in [-0.15, -0.1) is 0 Å². The molecule has 0 aromatic carbocycles. The smallest absolute Gasteiger partial charge is 0.359 e.